The fourth-order valence-electron chi connectivity index (χ4n) is 1.19. The molecule has 0 spiro atoms. The van der Waals surface area contributed by atoms with E-state index in [-0.39, 0.29) is 5.75 Å². The van der Waals surface area contributed by atoms with E-state index in [4.69, 9.17) is 0 Å². The Bertz CT molecular complexity index is 444. The molecule has 1 rings (SSSR count). The average Bonchev–Trinajstić information content (AvgIpc) is 2.29. The Balaban J connectivity index is 3.11. The van der Waals surface area contributed by atoms with Crippen LogP contribution in [-0.4, -0.2) is 20.9 Å². The third-order valence-corrected chi connectivity index (χ3v) is 8.56. The molecule has 90 valence electrons. The molecule has 1 aromatic rings. The zero-order chi connectivity index (χ0) is 12.4. The summed E-state index contributed by atoms with van der Waals surface area (Å²) in [7, 11) is -3.39. The number of sulfone groups is 1. The average molecular weight is 419 g/mol. The molecule has 0 aromatic heterocycles. The van der Waals surface area contributed by atoms with E-state index in [1.165, 1.54) is 0 Å². The number of aliphatic hydroxyl groups is 1. The minimum atomic E-state index is -3.39. The number of rotatable bonds is 4. The third-order valence-electron chi connectivity index (χ3n) is 2.23. The second-order valence-corrected chi connectivity index (χ2v) is 11.4. The van der Waals surface area contributed by atoms with Crippen molar-refractivity contribution >= 4 is 48.4 Å². The van der Waals surface area contributed by atoms with Crippen LogP contribution in [0.25, 0.3) is 0 Å². The number of hydrogen-bond donors (Lipinski definition) is 1. The van der Waals surface area contributed by atoms with Crippen molar-refractivity contribution < 1.29 is 13.5 Å². The molecule has 0 amide bonds. The van der Waals surface area contributed by atoms with Crippen LogP contribution in [0.4, 0.5) is 0 Å². The van der Waals surface area contributed by atoms with Crippen LogP contribution >= 0.6 is 38.5 Å². The van der Waals surface area contributed by atoms with Gasteiger partial charge in [-0.25, -0.2) is 8.42 Å². The maximum absolute atomic E-state index is 11.8. The molecule has 0 saturated carbocycles. The predicted molar refractivity (Wildman–Crippen MR) is 76.5 cm³/mol. The smallest absolute Gasteiger partial charge is 0.207 e. The summed E-state index contributed by atoms with van der Waals surface area (Å²) in [4.78, 5) is 0. The summed E-state index contributed by atoms with van der Waals surface area (Å²) < 4.78 is 22.3. The Morgan fingerprint density at radius 1 is 1.44 bits per heavy atom. The molecule has 6 heteroatoms. The molecule has 2 unspecified atom stereocenters. The summed E-state index contributed by atoms with van der Waals surface area (Å²) in [5.74, 6) is -0.0227. The molecule has 0 fully saturated rings. The summed E-state index contributed by atoms with van der Waals surface area (Å²) in [5, 5.41) is 10.1. The molecular formula is C10H12BrIO3S. The fraction of sp³-hybridized carbons (Fsp3) is 0.400. The van der Waals surface area contributed by atoms with Crippen LogP contribution in [0.1, 0.15) is 18.6 Å². The van der Waals surface area contributed by atoms with Gasteiger partial charge in [0.1, 0.15) is 6.10 Å². The fourth-order valence-corrected chi connectivity index (χ4v) is 4.30. The van der Waals surface area contributed by atoms with E-state index < -0.39 is 17.6 Å². The van der Waals surface area contributed by atoms with Crippen LogP contribution in [-0.2, 0) is 9.84 Å². The number of hydrogen-bond acceptors (Lipinski definition) is 3. The van der Waals surface area contributed by atoms with Gasteiger partial charge in [0, 0.05) is 5.75 Å². The van der Waals surface area contributed by atoms with Crippen LogP contribution in [0.15, 0.2) is 30.3 Å². The predicted octanol–water partition coefficient (Wildman–Crippen LogP) is 2.64. The number of benzene rings is 1. The molecule has 0 aliphatic rings. The van der Waals surface area contributed by atoms with Gasteiger partial charge in [-0.1, -0.05) is 53.2 Å². The maximum atomic E-state index is 11.8. The summed E-state index contributed by atoms with van der Waals surface area (Å²) in [5.41, 5.74) is 0.575. The molecule has 0 aliphatic heterocycles. The summed E-state index contributed by atoms with van der Waals surface area (Å²) >= 11 is 4.84. The van der Waals surface area contributed by atoms with Gasteiger partial charge >= 0.3 is 0 Å². The molecule has 2 atom stereocenters. The first-order chi connectivity index (χ1) is 7.33. The van der Waals surface area contributed by atoms with Gasteiger partial charge in [-0.15, -0.1) is 0 Å². The molecule has 3 nitrogen and oxygen atoms in total. The van der Waals surface area contributed by atoms with Gasteiger partial charge in [-0.3, -0.25) is 0 Å². The Hall–Kier alpha value is 0.340. The molecule has 1 N–H and O–H groups in total. The zero-order valence-corrected chi connectivity index (χ0v) is 13.2. The molecule has 16 heavy (non-hydrogen) atoms. The van der Waals surface area contributed by atoms with Crippen molar-refractivity contribution in [1.82, 2.24) is 0 Å². The van der Waals surface area contributed by atoms with Gasteiger partial charge in [-0.05, 0) is 28.2 Å². The number of alkyl halides is 2. The van der Waals surface area contributed by atoms with Gasteiger partial charge in [0.25, 0.3) is 0 Å². The summed E-state index contributed by atoms with van der Waals surface area (Å²) in [6.45, 7) is 1.56. The lowest BCUT2D eigenvalue weighted by Crippen LogP contribution is -2.33. The zero-order valence-electron chi connectivity index (χ0n) is 8.60. The van der Waals surface area contributed by atoms with Crippen LogP contribution in [0.2, 0.25) is 0 Å². The van der Waals surface area contributed by atoms with E-state index in [1.807, 2.05) is 6.07 Å². The largest absolute Gasteiger partial charge is 0.385 e. The molecule has 0 radical (unpaired) electrons. The first-order valence-electron chi connectivity index (χ1n) is 4.66. The first kappa shape index (κ1) is 14.4. The summed E-state index contributed by atoms with van der Waals surface area (Å²) in [6.07, 6.45) is -1.10. The third kappa shape index (κ3) is 2.77. The molecule has 0 saturated heterocycles. The lowest BCUT2D eigenvalue weighted by Gasteiger charge is -2.26. The second kappa shape index (κ2) is 5.32. The highest BCUT2D eigenvalue weighted by atomic mass is 127. The molecule has 1 aromatic carbocycles. The van der Waals surface area contributed by atoms with E-state index in [9.17, 15) is 13.5 Å². The highest BCUT2D eigenvalue weighted by molar-refractivity contribution is 14.1. The number of halogens is 2. The lowest BCUT2D eigenvalue weighted by atomic mass is 10.1. The first-order valence-corrected chi connectivity index (χ1v) is 8.18. The van der Waals surface area contributed by atoms with Crippen molar-refractivity contribution in [2.45, 2.75) is 14.7 Å². The van der Waals surface area contributed by atoms with E-state index in [0.29, 0.717) is 5.56 Å². The SMILES string of the molecule is CCS(=O)(=O)C(Br)(I)C(O)c1ccccc1. The van der Waals surface area contributed by atoms with Crippen molar-refractivity contribution in [3.8, 4) is 0 Å². The van der Waals surface area contributed by atoms with Crippen LogP contribution in [0.3, 0.4) is 0 Å². The minimum Gasteiger partial charge on any atom is -0.385 e. The van der Waals surface area contributed by atoms with E-state index in [0.717, 1.165) is 0 Å². The molecule has 0 bridgehead atoms. The van der Waals surface area contributed by atoms with Gasteiger partial charge in [0.15, 0.2) is 9.84 Å². The Morgan fingerprint density at radius 2 is 1.94 bits per heavy atom. The Morgan fingerprint density at radius 3 is 2.38 bits per heavy atom. The highest BCUT2D eigenvalue weighted by Gasteiger charge is 2.44. The van der Waals surface area contributed by atoms with Crippen molar-refractivity contribution in [3.63, 3.8) is 0 Å². The Kier molecular flexibility index (Phi) is 4.79. The normalized spacial score (nSPS) is 17.8. The van der Waals surface area contributed by atoms with Gasteiger partial charge in [0.05, 0.1) is 0 Å². The quantitative estimate of drug-likeness (QED) is 0.604. The van der Waals surface area contributed by atoms with Crippen LogP contribution < -0.4 is 0 Å². The second-order valence-electron chi connectivity index (χ2n) is 3.28. The number of aliphatic hydroxyl groups excluding tert-OH is 1. The highest BCUT2D eigenvalue weighted by Crippen LogP contribution is 2.44. The molecule has 0 aliphatic carbocycles. The van der Waals surface area contributed by atoms with Crippen molar-refractivity contribution in [2.75, 3.05) is 5.75 Å². The van der Waals surface area contributed by atoms with E-state index >= 15 is 0 Å². The monoisotopic (exact) mass is 418 g/mol. The van der Waals surface area contributed by atoms with Crippen LogP contribution in [0, 0.1) is 0 Å². The standard InChI is InChI=1S/C10H12BrIO3S/c1-2-16(14,15)10(11,12)9(13)8-6-4-3-5-7-8/h3-7,9,13H,2H2,1H3. The van der Waals surface area contributed by atoms with Crippen molar-refractivity contribution in [1.29, 1.82) is 0 Å². The lowest BCUT2D eigenvalue weighted by molar-refractivity contribution is 0.191. The van der Waals surface area contributed by atoms with Crippen molar-refractivity contribution in [2.24, 2.45) is 0 Å². The Labute approximate surface area is 117 Å². The van der Waals surface area contributed by atoms with Gasteiger partial charge in [-0.2, -0.15) is 0 Å². The summed E-state index contributed by atoms with van der Waals surface area (Å²) in [6, 6.07) is 8.73. The molecular weight excluding hydrogens is 407 g/mol. The topological polar surface area (TPSA) is 54.4 Å². The maximum Gasteiger partial charge on any atom is 0.207 e. The van der Waals surface area contributed by atoms with Gasteiger partial charge < -0.3 is 5.11 Å². The van der Waals surface area contributed by atoms with E-state index in [2.05, 4.69) is 15.9 Å². The minimum absolute atomic E-state index is 0.0227. The van der Waals surface area contributed by atoms with Crippen LogP contribution in [0.5, 0.6) is 0 Å². The van der Waals surface area contributed by atoms with E-state index in [1.54, 1.807) is 53.8 Å². The van der Waals surface area contributed by atoms with Crippen molar-refractivity contribution in [3.05, 3.63) is 35.9 Å². The van der Waals surface area contributed by atoms with Gasteiger partial charge in [0.2, 0.25) is 1.66 Å². The molecule has 0 heterocycles.